The molecule has 1 aliphatic heterocycles. The number of nitrogens with zero attached hydrogens (tertiary/aromatic N) is 3. The summed E-state index contributed by atoms with van der Waals surface area (Å²) in [5.74, 6) is -2.96. The van der Waals surface area contributed by atoms with Gasteiger partial charge in [-0.25, -0.2) is 13.9 Å². The molecule has 0 radical (unpaired) electrons. The Labute approximate surface area is 234 Å². The van der Waals surface area contributed by atoms with Gasteiger partial charge in [0.05, 0.1) is 29.9 Å². The maximum atomic E-state index is 14.5. The summed E-state index contributed by atoms with van der Waals surface area (Å²) in [6, 6.07) is 3.05. The first kappa shape index (κ1) is 29.2. The van der Waals surface area contributed by atoms with Crippen LogP contribution in [-0.4, -0.2) is 38.2 Å². The number of halogens is 6. The van der Waals surface area contributed by atoms with Gasteiger partial charge in [0.1, 0.15) is 24.3 Å². The Morgan fingerprint density at radius 3 is 2.64 bits per heavy atom. The zero-order valence-electron chi connectivity index (χ0n) is 21.9. The molecule has 2 unspecified atom stereocenters. The van der Waals surface area contributed by atoms with Crippen molar-refractivity contribution in [2.75, 3.05) is 0 Å². The molecule has 42 heavy (non-hydrogen) atoms. The third-order valence-electron chi connectivity index (χ3n) is 6.63. The second-order valence-electron chi connectivity index (χ2n) is 9.79. The third-order valence-corrected chi connectivity index (χ3v) is 6.63. The highest BCUT2D eigenvalue weighted by Crippen LogP contribution is 2.43. The lowest BCUT2D eigenvalue weighted by Crippen LogP contribution is -2.25. The van der Waals surface area contributed by atoms with Crippen molar-refractivity contribution in [1.82, 2.24) is 14.8 Å². The summed E-state index contributed by atoms with van der Waals surface area (Å²) < 4.78 is 104. The molecule has 5 rings (SSSR count). The van der Waals surface area contributed by atoms with Crippen LogP contribution in [-0.2, 0) is 28.7 Å². The van der Waals surface area contributed by atoms with Gasteiger partial charge in [-0.2, -0.15) is 18.3 Å². The van der Waals surface area contributed by atoms with Gasteiger partial charge in [-0.1, -0.05) is 6.58 Å². The van der Waals surface area contributed by atoms with Crippen molar-refractivity contribution in [2.45, 2.75) is 63.9 Å². The van der Waals surface area contributed by atoms with Crippen LogP contribution in [0.3, 0.4) is 0 Å². The van der Waals surface area contributed by atoms with E-state index in [0.29, 0.717) is 12.8 Å². The van der Waals surface area contributed by atoms with Crippen LogP contribution in [0.5, 0.6) is 17.2 Å². The molecule has 0 saturated carbocycles. The van der Waals surface area contributed by atoms with Gasteiger partial charge in [0.25, 0.3) is 0 Å². The minimum absolute atomic E-state index is 0.0205. The highest BCUT2D eigenvalue weighted by atomic mass is 19.4. The first-order valence-corrected chi connectivity index (χ1v) is 12.6. The summed E-state index contributed by atoms with van der Waals surface area (Å²) in [5, 5.41) is 13.0. The van der Waals surface area contributed by atoms with Crippen molar-refractivity contribution in [3.63, 3.8) is 0 Å². The van der Waals surface area contributed by atoms with Gasteiger partial charge in [0.2, 0.25) is 0 Å². The molecule has 0 bridgehead atoms. The number of aromatic nitrogens is 3. The number of aliphatic carboxylic acids is 1. The SMILES string of the molecule is C=C(CC(C)OC1CCCc2c(C(F)(F)F)nn(-c3cncc(OCc4cc5c(cc4F)OC(F)(F)O5)c3)c21)C(=O)O. The molecule has 2 atom stereocenters. The summed E-state index contributed by atoms with van der Waals surface area (Å²) >= 11 is 0. The van der Waals surface area contributed by atoms with Gasteiger partial charge in [-0.3, -0.25) is 4.98 Å². The summed E-state index contributed by atoms with van der Waals surface area (Å²) in [7, 11) is 0. The van der Waals surface area contributed by atoms with E-state index in [4.69, 9.17) is 14.6 Å². The second-order valence-corrected chi connectivity index (χ2v) is 9.79. The first-order chi connectivity index (χ1) is 19.7. The number of fused-ring (bicyclic) bond motifs is 2. The maximum absolute atomic E-state index is 14.5. The van der Waals surface area contributed by atoms with E-state index >= 15 is 0 Å². The Kier molecular flexibility index (Phi) is 7.55. The predicted molar refractivity (Wildman–Crippen MR) is 131 cm³/mol. The molecule has 15 heteroatoms. The van der Waals surface area contributed by atoms with E-state index < -0.39 is 54.5 Å². The predicted octanol–water partition coefficient (Wildman–Crippen LogP) is 6.14. The van der Waals surface area contributed by atoms with E-state index in [0.717, 1.165) is 16.8 Å². The summed E-state index contributed by atoms with van der Waals surface area (Å²) in [6.45, 7) is 4.61. The van der Waals surface area contributed by atoms with Gasteiger partial charge in [0.15, 0.2) is 17.2 Å². The Morgan fingerprint density at radius 1 is 1.24 bits per heavy atom. The van der Waals surface area contributed by atoms with E-state index in [1.54, 1.807) is 6.92 Å². The molecule has 3 heterocycles. The van der Waals surface area contributed by atoms with Crippen molar-refractivity contribution in [2.24, 2.45) is 0 Å². The molecular formula is C27H23F6N3O6. The van der Waals surface area contributed by atoms with E-state index in [1.807, 2.05) is 0 Å². The van der Waals surface area contributed by atoms with Gasteiger partial charge < -0.3 is 24.1 Å². The molecule has 1 N–H and O–H groups in total. The smallest absolute Gasteiger partial charge is 0.487 e. The van der Waals surface area contributed by atoms with Gasteiger partial charge in [-0.15, -0.1) is 8.78 Å². The number of pyridine rings is 1. The molecule has 1 aliphatic carbocycles. The highest BCUT2D eigenvalue weighted by molar-refractivity contribution is 5.85. The number of benzene rings is 1. The standard InChI is InChI=1S/C27H23F6N3O6/c1-13(25(37)38)6-14(2)40-20-5-3-4-18-23(20)36(35-24(18)26(29,30)31)16-8-17(11-34-10-16)39-12-15-7-21-22(9-19(15)28)42-27(32,33)41-21/h7-11,14,20H,1,3-6,12H2,2H3,(H,37,38). The highest BCUT2D eigenvalue weighted by Gasteiger charge is 2.44. The maximum Gasteiger partial charge on any atom is 0.586 e. The average Bonchev–Trinajstić information content (AvgIpc) is 3.44. The first-order valence-electron chi connectivity index (χ1n) is 12.6. The van der Waals surface area contributed by atoms with Crippen LogP contribution in [0.25, 0.3) is 5.69 Å². The van der Waals surface area contributed by atoms with Crippen LogP contribution in [0, 0.1) is 5.82 Å². The molecule has 3 aromatic rings. The van der Waals surface area contributed by atoms with Crippen LogP contribution >= 0.6 is 0 Å². The second kappa shape index (κ2) is 10.9. The summed E-state index contributed by atoms with van der Waals surface area (Å²) in [4.78, 5) is 15.2. The molecule has 0 fully saturated rings. The number of hydrogen-bond acceptors (Lipinski definition) is 7. The molecule has 224 valence electrons. The normalized spacial score (nSPS) is 17.9. The van der Waals surface area contributed by atoms with Crippen molar-refractivity contribution < 1.29 is 55.2 Å². The molecule has 2 aromatic heterocycles. The van der Waals surface area contributed by atoms with E-state index in [-0.39, 0.29) is 52.4 Å². The molecule has 0 saturated heterocycles. The Hall–Kier alpha value is -4.27. The molecule has 0 spiro atoms. The minimum atomic E-state index is -4.77. The van der Waals surface area contributed by atoms with Crippen molar-refractivity contribution >= 4 is 5.97 Å². The number of alkyl halides is 5. The fourth-order valence-corrected chi connectivity index (χ4v) is 4.85. The number of ether oxygens (including phenoxy) is 4. The quantitative estimate of drug-likeness (QED) is 0.231. The Balaban J connectivity index is 1.43. The Bertz CT molecular complexity index is 1540. The number of rotatable bonds is 9. The fraction of sp³-hybridized carbons (Fsp3) is 0.370. The van der Waals surface area contributed by atoms with Gasteiger partial charge in [-0.05, 0) is 32.3 Å². The van der Waals surface area contributed by atoms with Crippen molar-refractivity contribution in [3.05, 3.63) is 71.1 Å². The lowest BCUT2D eigenvalue weighted by atomic mass is 9.92. The summed E-state index contributed by atoms with van der Waals surface area (Å²) in [5.41, 5.74) is -1.16. The molecular weight excluding hydrogens is 576 g/mol. The largest absolute Gasteiger partial charge is 0.586 e. The lowest BCUT2D eigenvalue weighted by Gasteiger charge is -2.28. The van der Waals surface area contributed by atoms with Crippen LogP contribution in [0.15, 0.2) is 42.7 Å². The van der Waals surface area contributed by atoms with Crippen molar-refractivity contribution in [1.29, 1.82) is 0 Å². The minimum Gasteiger partial charge on any atom is -0.487 e. The van der Waals surface area contributed by atoms with Crippen molar-refractivity contribution in [3.8, 4) is 22.9 Å². The van der Waals surface area contributed by atoms with Gasteiger partial charge in [0, 0.05) is 35.3 Å². The number of carbonyl (C=O) groups is 1. The number of carboxylic acids is 1. The molecule has 1 aromatic carbocycles. The molecule has 9 nitrogen and oxygen atoms in total. The van der Waals surface area contributed by atoms with E-state index in [1.165, 1.54) is 18.5 Å². The zero-order chi connectivity index (χ0) is 30.4. The zero-order valence-corrected chi connectivity index (χ0v) is 21.9. The van der Waals surface area contributed by atoms with Crippen LogP contribution in [0.1, 0.15) is 54.8 Å². The van der Waals surface area contributed by atoms with Crippen LogP contribution < -0.4 is 14.2 Å². The average molecular weight is 599 g/mol. The molecule has 0 amide bonds. The number of hydrogen-bond donors (Lipinski definition) is 1. The monoisotopic (exact) mass is 599 g/mol. The topological polar surface area (TPSA) is 105 Å². The van der Waals surface area contributed by atoms with Gasteiger partial charge >= 0.3 is 18.4 Å². The third kappa shape index (κ3) is 6.00. The van der Waals surface area contributed by atoms with Crippen LogP contribution in [0.2, 0.25) is 0 Å². The van der Waals surface area contributed by atoms with Crippen LogP contribution in [0.4, 0.5) is 26.3 Å². The summed E-state index contributed by atoms with van der Waals surface area (Å²) in [6.07, 6.45) is -6.96. The molecule has 2 aliphatic rings. The number of carboxylic acid groups (broad SMARTS) is 1. The van der Waals surface area contributed by atoms with E-state index in [9.17, 15) is 31.1 Å². The Morgan fingerprint density at radius 2 is 1.95 bits per heavy atom. The lowest BCUT2D eigenvalue weighted by molar-refractivity contribution is -0.286. The van der Waals surface area contributed by atoms with E-state index in [2.05, 4.69) is 26.1 Å². The fourth-order valence-electron chi connectivity index (χ4n) is 4.85.